The van der Waals surface area contributed by atoms with Gasteiger partial charge in [0.05, 0.1) is 5.69 Å². The molecule has 1 N–H and O–H groups in total. The number of carbonyl (C=O) groups is 1. The van der Waals surface area contributed by atoms with Gasteiger partial charge < -0.3 is 9.84 Å². The Kier molecular flexibility index (Phi) is 5.80. The molecular formula is C22H30N2O2. The van der Waals surface area contributed by atoms with Gasteiger partial charge in [0.25, 0.3) is 5.91 Å². The monoisotopic (exact) mass is 354 g/mol. The molecule has 4 nitrogen and oxygen atoms in total. The molecule has 1 saturated carbocycles. The van der Waals surface area contributed by atoms with E-state index in [-0.39, 0.29) is 5.91 Å². The lowest BCUT2D eigenvalue weighted by Gasteiger charge is -2.27. The summed E-state index contributed by atoms with van der Waals surface area (Å²) in [7, 11) is 0. The van der Waals surface area contributed by atoms with Crippen molar-refractivity contribution in [2.45, 2.75) is 59.3 Å². The SMILES string of the molecule is CCCCc1cc(-c2ccc(C(=O)NCC3CCCC3(C)C)cc2)on1. The molecule has 0 spiro atoms. The van der Waals surface area contributed by atoms with Gasteiger partial charge in [-0.1, -0.05) is 50.9 Å². The van der Waals surface area contributed by atoms with E-state index in [0.29, 0.717) is 16.9 Å². The van der Waals surface area contributed by atoms with E-state index in [2.05, 4.69) is 31.2 Å². The molecule has 1 heterocycles. The molecule has 1 atom stereocenters. The number of hydrogen-bond donors (Lipinski definition) is 1. The van der Waals surface area contributed by atoms with Crippen LogP contribution in [-0.2, 0) is 6.42 Å². The number of benzene rings is 1. The van der Waals surface area contributed by atoms with Gasteiger partial charge in [-0.15, -0.1) is 0 Å². The highest BCUT2D eigenvalue weighted by atomic mass is 16.5. The first kappa shape index (κ1) is 18.7. The molecule has 1 unspecified atom stereocenters. The minimum atomic E-state index is 0.000421. The van der Waals surface area contributed by atoms with Crippen LogP contribution in [-0.4, -0.2) is 17.6 Å². The first-order chi connectivity index (χ1) is 12.5. The summed E-state index contributed by atoms with van der Waals surface area (Å²) < 4.78 is 5.44. The van der Waals surface area contributed by atoms with Crippen LogP contribution in [0.3, 0.4) is 0 Å². The van der Waals surface area contributed by atoms with Gasteiger partial charge in [0.1, 0.15) is 0 Å². The number of nitrogens with one attached hydrogen (secondary N) is 1. The number of rotatable bonds is 7. The van der Waals surface area contributed by atoms with Crippen molar-refractivity contribution in [2.24, 2.45) is 11.3 Å². The molecule has 0 radical (unpaired) electrons. The quantitative estimate of drug-likeness (QED) is 0.740. The summed E-state index contributed by atoms with van der Waals surface area (Å²) >= 11 is 0. The summed E-state index contributed by atoms with van der Waals surface area (Å²) in [6.07, 6.45) is 6.92. The van der Waals surface area contributed by atoms with Crippen LogP contribution in [0.2, 0.25) is 0 Å². The summed E-state index contributed by atoms with van der Waals surface area (Å²) in [4.78, 5) is 12.4. The summed E-state index contributed by atoms with van der Waals surface area (Å²) in [5.74, 6) is 1.33. The molecule has 1 fully saturated rings. The van der Waals surface area contributed by atoms with E-state index in [0.717, 1.165) is 42.8 Å². The molecule has 0 saturated heterocycles. The number of unbranched alkanes of at least 4 members (excludes halogenated alkanes) is 1. The Labute approximate surface area is 156 Å². The maximum atomic E-state index is 12.4. The highest BCUT2D eigenvalue weighted by molar-refractivity contribution is 5.94. The summed E-state index contributed by atoms with van der Waals surface area (Å²) in [6, 6.07) is 9.57. The standard InChI is InChI=1S/C22H30N2O2/c1-4-5-8-19-14-20(26-24-19)16-9-11-17(12-10-16)21(25)23-15-18-7-6-13-22(18,2)3/h9-12,14,18H,4-8,13,15H2,1-3H3,(H,23,25). The highest BCUT2D eigenvalue weighted by Crippen LogP contribution is 2.42. The lowest BCUT2D eigenvalue weighted by molar-refractivity contribution is 0.0937. The number of aromatic nitrogens is 1. The molecule has 1 amide bonds. The lowest BCUT2D eigenvalue weighted by atomic mass is 9.82. The Morgan fingerprint density at radius 1 is 1.31 bits per heavy atom. The van der Waals surface area contributed by atoms with E-state index < -0.39 is 0 Å². The van der Waals surface area contributed by atoms with Crippen LogP contribution in [0.25, 0.3) is 11.3 Å². The molecule has 1 aliphatic rings. The Morgan fingerprint density at radius 2 is 2.08 bits per heavy atom. The van der Waals surface area contributed by atoms with Crippen molar-refractivity contribution in [1.82, 2.24) is 10.5 Å². The van der Waals surface area contributed by atoms with Gasteiger partial charge >= 0.3 is 0 Å². The number of aryl methyl sites for hydroxylation is 1. The van der Waals surface area contributed by atoms with Crippen LogP contribution >= 0.6 is 0 Å². The maximum absolute atomic E-state index is 12.4. The topological polar surface area (TPSA) is 55.1 Å². The lowest BCUT2D eigenvalue weighted by Crippen LogP contribution is -2.33. The van der Waals surface area contributed by atoms with Gasteiger partial charge in [-0.2, -0.15) is 0 Å². The molecule has 1 aliphatic carbocycles. The van der Waals surface area contributed by atoms with Crippen molar-refractivity contribution < 1.29 is 9.32 Å². The Bertz CT molecular complexity index is 731. The number of carbonyl (C=O) groups excluding carboxylic acids is 1. The summed E-state index contributed by atoms with van der Waals surface area (Å²) in [5, 5.41) is 7.23. The third-order valence-corrected chi connectivity index (χ3v) is 5.76. The number of hydrogen-bond acceptors (Lipinski definition) is 3. The number of nitrogens with zero attached hydrogens (tertiary/aromatic N) is 1. The molecule has 2 aromatic rings. The second-order valence-corrected chi connectivity index (χ2v) is 8.15. The van der Waals surface area contributed by atoms with Crippen LogP contribution in [0.1, 0.15) is 68.9 Å². The van der Waals surface area contributed by atoms with Crippen molar-refractivity contribution in [3.05, 3.63) is 41.6 Å². The Hall–Kier alpha value is -2.10. The van der Waals surface area contributed by atoms with E-state index in [4.69, 9.17) is 4.52 Å². The fourth-order valence-electron chi connectivity index (χ4n) is 3.80. The average Bonchev–Trinajstić information content (AvgIpc) is 3.24. The molecule has 4 heteroatoms. The summed E-state index contributed by atoms with van der Waals surface area (Å²) in [5.41, 5.74) is 2.96. The third kappa shape index (κ3) is 4.35. The predicted molar refractivity (Wildman–Crippen MR) is 104 cm³/mol. The highest BCUT2D eigenvalue weighted by Gasteiger charge is 2.34. The summed E-state index contributed by atoms with van der Waals surface area (Å²) in [6.45, 7) is 7.53. The molecule has 1 aromatic carbocycles. The first-order valence-electron chi connectivity index (χ1n) is 9.84. The van der Waals surface area contributed by atoms with Crippen LogP contribution in [0, 0.1) is 11.3 Å². The molecule has 3 rings (SSSR count). The molecule has 0 bridgehead atoms. The Morgan fingerprint density at radius 3 is 2.73 bits per heavy atom. The zero-order chi connectivity index (χ0) is 18.6. The van der Waals surface area contributed by atoms with Crippen molar-refractivity contribution in [2.75, 3.05) is 6.54 Å². The van der Waals surface area contributed by atoms with Gasteiger partial charge in [0.2, 0.25) is 0 Å². The van der Waals surface area contributed by atoms with Crippen molar-refractivity contribution in [1.29, 1.82) is 0 Å². The van der Waals surface area contributed by atoms with Gasteiger partial charge in [-0.05, 0) is 49.1 Å². The second-order valence-electron chi connectivity index (χ2n) is 8.15. The van der Waals surface area contributed by atoms with Gasteiger partial charge in [-0.3, -0.25) is 4.79 Å². The van der Waals surface area contributed by atoms with E-state index in [1.807, 2.05) is 30.3 Å². The molecule has 0 aliphatic heterocycles. The smallest absolute Gasteiger partial charge is 0.251 e. The molecule has 140 valence electrons. The van der Waals surface area contributed by atoms with E-state index in [1.165, 1.54) is 19.3 Å². The first-order valence-corrected chi connectivity index (χ1v) is 9.84. The van der Waals surface area contributed by atoms with Crippen molar-refractivity contribution >= 4 is 5.91 Å². The van der Waals surface area contributed by atoms with E-state index >= 15 is 0 Å². The van der Waals surface area contributed by atoms with E-state index in [1.54, 1.807) is 0 Å². The largest absolute Gasteiger partial charge is 0.356 e. The number of amides is 1. The van der Waals surface area contributed by atoms with Crippen molar-refractivity contribution in [3.8, 4) is 11.3 Å². The zero-order valence-electron chi connectivity index (χ0n) is 16.2. The molecular weight excluding hydrogens is 324 g/mol. The molecule has 26 heavy (non-hydrogen) atoms. The zero-order valence-corrected chi connectivity index (χ0v) is 16.2. The van der Waals surface area contributed by atoms with Gasteiger partial charge in [0.15, 0.2) is 5.76 Å². The average molecular weight is 354 g/mol. The normalized spacial score (nSPS) is 18.8. The van der Waals surface area contributed by atoms with Crippen molar-refractivity contribution in [3.63, 3.8) is 0 Å². The third-order valence-electron chi connectivity index (χ3n) is 5.76. The maximum Gasteiger partial charge on any atom is 0.251 e. The minimum absolute atomic E-state index is 0.000421. The van der Waals surface area contributed by atoms with Crippen LogP contribution in [0.15, 0.2) is 34.9 Å². The van der Waals surface area contributed by atoms with Crippen LogP contribution in [0.5, 0.6) is 0 Å². The van der Waals surface area contributed by atoms with Crippen LogP contribution in [0.4, 0.5) is 0 Å². The second kappa shape index (κ2) is 8.07. The van der Waals surface area contributed by atoms with Gasteiger partial charge in [-0.25, -0.2) is 0 Å². The van der Waals surface area contributed by atoms with Crippen LogP contribution < -0.4 is 5.32 Å². The minimum Gasteiger partial charge on any atom is -0.356 e. The molecule has 1 aromatic heterocycles. The fraction of sp³-hybridized carbons (Fsp3) is 0.545. The van der Waals surface area contributed by atoms with Gasteiger partial charge in [0, 0.05) is 23.7 Å². The Balaban J connectivity index is 1.58. The predicted octanol–water partition coefficient (Wildman–Crippen LogP) is 5.24. The fourth-order valence-corrected chi connectivity index (χ4v) is 3.80. The van der Waals surface area contributed by atoms with E-state index in [9.17, 15) is 4.79 Å².